The average molecular weight is 559 g/mol. The van der Waals surface area contributed by atoms with E-state index in [1.54, 1.807) is 25.3 Å². The maximum Gasteiger partial charge on any atom is 0.433 e. The lowest BCUT2D eigenvalue weighted by atomic mass is 9.93. The number of halogens is 3. The van der Waals surface area contributed by atoms with Crippen LogP contribution < -0.4 is 10.0 Å². The number of hydrogen-bond donors (Lipinski definition) is 4. The number of aliphatic hydroxyl groups is 1. The standard InChI is InChI=1S/C21H21F3N6O5S2/c1-12-8-13(10-14(9-12)27-18-25-5-2-16(28-18)21(22,23)24)15-11-26-17(36-15)20(33)3-6-30(7-4-20)37(34,35)29-19(31)32/h2,5,8-11,29,33H,3-4,6-7H2,1H3,(H,31,32)(H,25,27,28). The molecule has 0 unspecified atom stereocenters. The Morgan fingerprint density at radius 3 is 2.54 bits per heavy atom. The third-order valence-corrected chi connectivity index (χ3v) is 8.29. The Morgan fingerprint density at radius 2 is 1.89 bits per heavy atom. The number of piperidine rings is 1. The lowest BCUT2D eigenvalue weighted by molar-refractivity contribution is -0.141. The first-order valence-electron chi connectivity index (χ1n) is 10.7. The highest BCUT2D eigenvalue weighted by Crippen LogP contribution is 2.39. The molecule has 198 valence electrons. The van der Waals surface area contributed by atoms with E-state index in [9.17, 15) is 31.5 Å². The number of carbonyl (C=O) groups is 1. The molecule has 11 nitrogen and oxygen atoms in total. The summed E-state index contributed by atoms with van der Waals surface area (Å²) in [5.41, 5.74) is -0.546. The van der Waals surface area contributed by atoms with E-state index < -0.39 is 33.8 Å². The Kier molecular flexibility index (Phi) is 7.11. The average Bonchev–Trinajstić information content (AvgIpc) is 3.29. The van der Waals surface area contributed by atoms with Crippen LogP contribution in [0.5, 0.6) is 0 Å². The second kappa shape index (κ2) is 9.85. The summed E-state index contributed by atoms with van der Waals surface area (Å²) < 4.78 is 65.4. The molecule has 1 aliphatic rings. The van der Waals surface area contributed by atoms with Crippen LogP contribution >= 0.6 is 11.3 Å². The first-order valence-corrected chi connectivity index (χ1v) is 13.0. The zero-order valence-electron chi connectivity index (χ0n) is 19.2. The van der Waals surface area contributed by atoms with Gasteiger partial charge in [-0.25, -0.2) is 24.5 Å². The monoisotopic (exact) mass is 558 g/mol. The molecule has 4 N–H and O–H groups in total. The van der Waals surface area contributed by atoms with Crippen LogP contribution in [0.4, 0.5) is 29.6 Å². The minimum Gasteiger partial charge on any atom is -0.464 e. The highest BCUT2D eigenvalue weighted by atomic mass is 32.2. The van der Waals surface area contributed by atoms with E-state index in [0.29, 0.717) is 21.1 Å². The molecule has 1 amide bonds. The Morgan fingerprint density at radius 1 is 1.19 bits per heavy atom. The van der Waals surface area contributed by atoms with Crippen molar-refractivity contribution in [1.29, 1.82) is 0 Å². The van der Waals surface area contributed by atoms with Gasteiger partial charge in [0.2, 0.25) is 5.95 Å². The minimum absolute atomic E-state index is 0.00793. The smallest absolute Gasteiger partial charge is 0.433 e. The highest BCUT2D eigenvalue weighted by molar-refractivity contribution is 7.87. The Hall–Kier alpha value is -3.34. The van der Waals surface area contributed by atoms with Crippen LogP contribution in [-0.2, 0) is 22.0 Å². The molecule has 4 rings (SSSR count). The van der Waals surface area contributed by atoms with Gasteiger partial charge in [-0.15, -0.1) is 11.3 Å². The highest BCUT2D eigenvalue weighted by Gasteiger charge is 2.40. The lowest BCUT2D eigenvalue weighted by Crippen LogP contribution is -2.50. The number of thiazole rings is 1. The molecule has 0 spiro atoms. The number of amides is 1. The topological polar surface area (TPSA) is 158 Å². The maximum absolute atomic E-state index is 13.0. The molecule has 0 aliphatic carbocycles. The van der Waals surface area contributed by atoms with E-state index in [1.165, 1.54) is 16.1 Å². The van der Waals surface area contributed by atoms with Gasteiger partial charge in [-0.2, -0.15) is 25.9 Å². The van der Waals surface area contributed by atoms with Crippen molar-refractivity contribution in [2.45, 2.75) is 31.5 Å². The molecule has 1 saturated heterocycles. The van der Waals surface area contributed by atoms with E-state index in [2.05, 4.69) is 20.3 Å². The second-order valence-electron chi connectivity index (χ2n) is 8.35. The fraction of sp³-hybridized carbons (Fsp3) is 0.333. The molecular weight excluding hydrogens is 537 g/mol. The molecule has 1 aromatic carbocycles. The van der Waals surface area contributed by atoms with Crippen molar-refractivity contribution >= 4 is 39.3 Å². The third kappa shape index (κ3) is 6.15. The first-order chi connectivity index (χ1) is 17.2. The van der Waals surface area contributed by atoms with Crippen molar-refractivity contribution < 1.29 is 36.6 Å². The summed E-state index contributed by atoms with van der Waals surface area (Å²) in [7, 11) is -4.22. The molecule has 0 saturated carbocycles. The maximum atomic E-state index is 13.0. The van der Waals surface area contributed by atoms with Crippen LogP contribution in [-0.4, -0.2) is 57.1 Å². The molecule has 1 aliphatic heterocycles. The summed E-state index contributed by atoms with van der Waals surface area (Å²) in [6.07, 6.45) is -3.73. The quantitative estimate of drug-likeness (QED) is 0.356. The second-order valence-corrected chi connectivity index (χ2v) is 11.0. The summed E-state index contributed by atoms with van der Waals surface area (Å²) in [6, 6.07) is 6.01. The van der Waals surface area contributed by atoms with Crippen molar-refractivity contribution in [2.75, 3.05) is 18.4 Å². The predicted molar refractivity (Wildman–Crippen MR) is 127 cm³/mol. The van der Waals surface area contributed by atoms with Crippen molar-refractivity contribution in [2.24, 2.45) is 0 Å². The Bertz CT molecular complexity index is 1420. The fourth-order valence-electron chi connectivity index (χ4n) is 3.81. The zero-order chi connectivity index (χ0) is 27.0. The first kappa shape index (κ1) is 26.7. The van der Waals surface area contributed by atoms with Crippen molar-refractivity contribution in [3.05, 3.63) is 52.9 Å². The van der Waals surface area contributed by atoms with Crippen LogP contribution in [0.3, 0.4) is 0 Å². The minimum atomic E-state index is -4.61. The van der Waals surface area contributed by atoms with Crippen LogP contribution in [0.1, 0.15) is 29.1 Å². The van der Waals surface area contributed by atoms with Crippen LogP contribution in [0.2, 0.25) is 0 Å². The number of alkyl halides is 3. The number of aromatic nitrogens is 3. The van der Waals surface area contributed by atoms with E-state index >= 15 is 0 Å². The molecular formula is C21H21F3N6O5S2. The number of hydrogen-bond acceptors (Lipinski definition) is 9. The number of aryl methyl sites for hydroxylation is 1. The van der Waals surface area contributed by atoms with Gasteiger partial charge in [-0.1, -0.05) is 6.07 Å². The summed E-state index contributed by atoms with van der Waals surface area (Å²) in [4.78, 5) is 23.1. The van der Waals surface area contributed by atoms with Crippen LogP contribution in [0, 0.1) is 6.92 Å². The van der Waals surface area contributed by atoms with Crippen molar-refractivity contribution in [1.82, 2.24) is 24.0 Å². The van der Waals surface area contributed by atoms with Gasteiger partial charge < -0.3 is 15.5 Å². The third-order valence-electron chi connectivity index (χ3n) is 5.57. The van der Waals surface area contributed by atoms with Gasteiger partial charge in [-0.05, 0) is 49.1 Å². The van der Waals surface area contributed by atoms with Gasteiger partial charge in [0.1, 0.15) is 16.3 Å². The summed E-state index contributed by atoms with van der Waals surface area (Å²) >= 11 is 1.19. The molecule has 1 fully saturated rings. The van der Waals surface area contributed by atoms with Gasteiger partial charge in [0.25, 0.3) is 0 Å². The summed E-state index contributed by atoms with van der Waals surface area (Å²) in [5.74, 6) is -0.218. The predicted octanol–water partition coefficient (Wildman–Crippen LogP) is 3.47. The molecule has 0 radical (unpaired) electrons. The normalized spacial score (nSPS) is 16.4. The Labute approximate surface area is 213 Å². The Balaban J connectivity index is 1.52. The van der Waals surface area contributed by atoms with E-state index in [1.807, 2.05) is 6.07 Å². The van der Waals surface area contributed by atoms with Gasteiger partial charge in [0.15, 0.2) is 0 Å². The number of anilines is 2. The van der Waals surface area contributed by atoms with Gasteiger partial charge in [0, 0.05) is 31.2 Å². The van der Waals surface area contributed by atoms with Gasteiger partial charge in [-0.3, -0.25) is 0 Å². The number of rotatable bonds is 6. The molecule has 2 aromatic heterocycles. The zero-order valence-corrected chi connectivity index (χ0v) is 20.8. The summed E-state index contributed by atoms with van der Waals surface area (Å²) in [6.45, 7) is 1.59. The van der Waals surface area contributed by atoms with Gasteiger partial charge >= 0.3 is 22.5 Å². The van der Waals surface area contributed by atoms with Crippen LogP contribution in [0.25, 0.3) is 10.4 Å². The fourth-order valence-corrected chi connectivity index (χ4v) is 5.87. The largest absolute Gasteiger partial charge is 0.464 e. The lowest BCUT2D eigenvalue weighted by Gasteiger charge is -2.35. The molecule has 3 aromatic rings. The van der Waals surface area contributed by atoms with Crippen molar-refractivity contribution in [3.8, 4) is 10.4 Å². The molecule has 37 heavy (non-hydrogen) atoms. The SMILES string of the molecule is Cc1cc(Nc2nccc(C(F)(F)F)n2)cc(-c2cnc(C3(O)CCN(S(=O)(=O)NC(=O)O)CC3)s2)c1. The van der Waals surface area contributed by atoms with E-state index in [-0.39, 0.29) is 31.9 Å². The summed E-state index contributed by atoms with van der Waals surface area (Å²) in [5, 5.41) is 23.0. The van der Waals surface area contributed by atoms with E-state index in [4.69, 9.17) is 5.11 Å². The number of nitrogens with one attached hydrogen (secondary N) is 2. The molecule has 0 atom stereocenters. The van der Waals surface area contributed by atoms with Crippen molar-refractivity contribution in [3.63, 3.8) is 0 Å². The van der Waals surface area contributed by atoms with Gasteiger partial charge in [0.05, 0.1) is 4.88 Å². The number of benzene rings is 1. The van der Waals surface area contributed by atoms with E-state index in [0.717, 1.165) is 22.1 Å². The molecule has 0 bridgehead atoms. The van der Waals surface area contributed by atoms with Crippen LogP contribution in [0.15, 0.2) is 36.7 Å². The number of carboxylic acid groups (broad SMARTS) is 1. The molecule has 16 heteroatoms. The molecule has 3 heterocycles. The number of nitrogens with zero attached hydrogens (tertiary/aromatic N) is 4.